The summed E-state index contributed by atoms with van der Waals surface area (Å²) in [5.74, 6) is -0.357. The first-order valence-electron chi connectivity index (χ1n) is 4.81. The zero-order chi connectivity index (χ0) is 11.0. The first-order valence-corrected chi connectivity index (χ1v) is 5.60. The highest BCUT2D eigenvalue weighted by Crippen LogP contribution is 2.30. The molecule has 1 amide bonds. The summed E-state index contributed by atoms with van der Waals surface area (Å²) in [5, 5.41) is 2.69. The smallest absolute Gasteiger partial charge is 0.251 e. The van der Waals surface area contributed by atoms with Gasteiger partial charge in [0.1, 0.15) is 6.17 Å². The lowest BCUT2D eigenvalue weighted by molar-refractivity contribution is 0.0932. The van der Waals surface area contributed by atoms with Crippen LogP contribution in [0.4, 0.5) is 4.39 Å². The first-order chi connectivity index (χ1) is 7.09. The summed E-state index contributed by atoms with van der Waals surface area (Å²) >= 11 is 3.33. The maximum atomic E-state index is 13.4. The van der Waals surface area contributed by atoms with Gasteiger partial charge in [0.05, 0.1) is 0 Å². The van der Waals surface area contributed by atoms with Crippen LogP contribution in [0.25, 0.3) is 0 Å². The number of amides is 1. The molecule has 1 aliphatic rings. The third kappa shape index (κ3) is 1.91. The number of benzene rings is 1. The van der Waals surface area contributed by atoms with Gasteiger partial charge in [-0.15, -0.1) is 0 Å². The Balaban J connectivity index is 2.51. The molecule has 15 heavy (non-hydrogen) atoms. The van der Waals surface area contributed by atoms with Gasteiger partial charge in [0.15, 0.2) is 0 Å². The predicted octanol–water partition coefficient (Wildman–Crippen LogP) is 2.63. The van der Waals surface area contributed by atoms with Gasteiger partial charge in [-0.1, -0.05) is 15.9 Å². The molecule has 0 aromatic heterocycles. The van der Waals surface area contributed by atoms with Crippen molar-refractivity contribution in [2.75, 3.05) is 6.54 Å². The first kappa shape index (κ1) is 10.6. The van der Waals surface area contributed by atoms with Crippen molar-refractivity contribution in [2.24, 2.45) is 0 Å². The minimum Gasteiger partial charge on any atom is -0.351 e. The van der Waals surface area contributed by atoms with E-state index in [0.717, 1.165) is 10.0 Å². The Bertz CT molecular complexity index is 406. The van der Waals surface area contributed by atoms with E-state index in [1.54, 1.807) is 12.1 Å². The highest BCUT2D eigenvalue weighted by atomic mass is 79.9. The Labute approximate surface area is 96.0 Å². The van der Waals surface area contributed by atoms with Gasteiger partial charge in [0, 0.05) is 22.5 Å². The van der Waals surface area contributed by atoms with Crippen LogP contribution < -0.4 is 5.32 Å². The Kier molecular flexibility index (Phi) is 2.78. The number of fused-ring (bicyclic) bond motifs is 1. The molecule has 0 radical (unpaired) electrons. The second-order valence-corrected chi connectivity index (χ2v) is 4.64. The van der Waals surface area contributed by atoms with Gasteiger partial charge in [-0.2, -0.15) is 0 Å². The van der Waals surface area contributed by atoms with Gasteiger partial charge in [0.25, 0.3) is 5.91 Å². The van der Waals surface area contributed by atoms with Crippen LogP contribution in [-0.4, -0.2) is 18.6 Å². The van der Waals surface area contributed by atoms with E-state index in [9.17, 15) is 9.18 Å². The normalized spacial score (nSPS) is 21.8. The van der Waals surface area contributed by atoms with E-state index in [1.807, 2.05) is 6.07 Å². The molecule has 0 saturated heterocycles. The number of rotatable bonds is 1. The van der Waals surface area contributed by atoms with E-state index in [4.69, 9.17) is 0 Å². The lowest BCUT2D eigenvalue weighted by Crippen LogP contribution is -2.37. The number of alkyl halides is 1. The van der Waals surface area contributed by atoms with Crippen LogP contribution in [0.3, 0.4) is 0 Å². The second kappa shape index (κ2) is 3.93. The van der Waals surface area contributed by atoms with E-state index in [-0.39, 0.29) is 11.8 Å². The molecule has 0 saturated carbocycles. The Morgan fingerprint density at radius 1 is 1.60 bits per heavy atom. The van der Waals surface area contributed by atoms with Gasteiger partial charge in [-0.05, 0) is 30.7 Å². The van der Waals surface area contributed by atoms with E-state index in [0.29, 0.717) is 12.1 Å². The molecule has 0 spiro atoms. The molecule has 4 heteroatoms. The van der Waals surface area contributed by atoms with Crippen molar-refractivity contribution in [2.45, 2.75) is 19.0 Å². The van der Waals surface area contributed by atoms with Crippen molar-refractivity contribution in [3.63, 3.8) is 0 Å². The highest BCUT2D eigenvalue weighted by Gasteiger charge is 2.29. The molecule has 80 valence electrons. The molecule has 0 aliphatic carbocycles. The summed E-state index contributed by atoms with van der Waals surface area (Å²) in [6.07, 6.45) is -0.960. The lowest BCUT2D eigenvalue weighted by atomic mass is 9.88. The SMILES string of the molecule is C[C@@H](F)[C@H]1CNC(=O)c2ccc(Br)cc21. The molecule has 2 nitrogen and oxygen atoms in total. The molecule has 1 aromatic rings. The average molecular weight is 272 g/mol. The fourth-order valence-corrected chi connectivity index (χ4v) is 2.24. The van der Waals surface area contributed by atoms with Crippen LogP contribution in [0.15, 0.2) is 22.7 Å². The third-order valence-electron chi connectivity index (χ3n) is 2.69. The molecule has 1 aromatic carbocycles. The zero-order valence-corrected chi connectivity index (χ0v) is 9.84. The quantitative estimate of drug-likeness (QED) is 0.836. The highest BCUT2D eigenvalue weighted by molar-refractivity contribution is 9.10. The summed E-state index contributed by atoms with van der Waals surface area (Å²) in [6, 6.07) is 5.35. The van der Waals surface area contributed by atoms with Gasteiger partial charge >= 0.3 is 0 Å². The molecule has 1 heterocycles. The Hall–Kier alpha value is -0.900. The fraction of sp³-hybridized carbons (Fsp3) is 0.364. The van der Waals surface area contributed by atoms with Crippen LogP contribution in [-0.2, 0) is 0 Å². The number of hydrogen-bond donors (Lipinski definition) is 1. The molecule has 1 N–H and O–H groups in total. The predicted molar refractivity (Wildman–Crippen MR) is 59.8 cm³/mol. The van der Waals surface area contributed by atoms with E-state index in [1.165, 1.54) is 6.92 Å². The third-order valence-corrected chi connectivity index (χ3v) is 3.19. The summed E-state index contributed by atoms with van der Waals surface area (Å²) in [5.41, 5.74) is 1.38. The van der Waals surface area contributed by atoms with Gasteiger partial charge < -0.3 is 5.32 Å². The van der Waals surface area contributed by atoms with E-state index in [2.05, 4.69) is 21.2 Å². The largest absolute Gasteiger partial charge is 0.351 e. The molecular weight excluding hydrogens is 261 g/mol. The molecule has 0 fully saturated rings. The van der Waals surface area contributed by atoms with Gasteiger partial charge in [-0.3, -0.25) is 4.79 Å². The topological polar surface area (TPSA) is 29.1 Å². The summed E-state index contributed by atoms with van der Waals surface area (Å²) < 4.78 is 14.2. The lowest BCUT2D eigenvalue weighted by Gasteiger charge is -2.26. The van der Waals surface area contributed by atoms with E-state index < -0.39 is 6.17 Å². The minimum absolute atomic E-state index is 0.116. The minimum atomic E-state index is -0.960. The second-order valence-electron chi connectivity index (χ2n) is 3.73. The maximum absolute atomic E-state index is 13.4. The number of nitrogens with one attached hydrogen (secondary N) is 1. The van der Waals surface area contributed by atoms with Crippen LogP contribution in [0.5, 0.6) is 0 Å². The standard InChI is InChI=1S/C11H11BrFNO/c1-6(13)10-5-14-11(15)8-3-2-7(12)4-9(8)10/h2-4,6,10H,5H2,1H3,(H,14,15)/t6-,10-/m1/s1. The number of carbonyl (C=O) groups is 1. The van der Waals surface area contributed by atoms with Crippen molar-refractivity contribution in [3.05, 3.63) is 33.8 Å². The summed E-state index contributed by atoms with van der Waals surface area (Å²) in [4.78, 5) is 11.5. The van der Waals surface area contributed by atoms with Gasteiger partial charge in [0.2, 0.25) is 0 Å². The van der Waals surface area contributed by atoms with Crippen molar-refractivity contribution in [1.82, 2.24) is 5.32 Å². The molecule has 1 aliphatic heterocycles. The number of halogens is 2. The summed E-state index contributed by atoms with van der Waals surface area (Å²) in [7, 11) is 0. The Morgan fingerprint density at radius 2 is 2.33 bits per heavy atom. The average Bonchev–Trinajstić information content (AvgIpc) is 2.17. The number of carbonyl (C=O) groups excluding carboxylic acids is 1. The number of hydrogen-bond acceptors (Lipinski definition) is 1. The van der Waals surface area contributed by atoms with Crippen LogP contribution in [0, 0.1) is 0 Å². The van der Waals surface area contributed by atoms with Crippen LogP contribution >= 0.6 is 15.9 Å². The summed E-state index contributed by atoms with van der Waals surface area (Å²) in [6.45, 7) is 1.90. The van der Waals surface area contributed by atoms with Crippen molar-refractivity contribution < 1.29 is 9.18 Å². The van der Waals surface area contributed by atoms with Crippen LogP contribution in [0.1, 0.15) is 28.8 Å². The molecule has 0 bridgehead atoms. The maximum Gasteiger partial charge on any atom is 0.251 e. The monoisotopic (exact) mass is 271 g/mol. The molecule has 0 unspecified atom stereocenters. The van der Waals surface area contributed by atoms with Crippen LogP contribution in [0.2, 0.25) is 0 Å². The van der Waals surface area contributed by atoms with Crippen molar-refractivity contribution in [3.8, 4) is 0 Å². The zero-order valence-electron chi connectivity index (χ0n) is 8.26. The van der Waals surface area contributed by atoms with E-state index >= 15 is 0 Å². The molecule has 2 atom stereocenters. The van der Waals surface area contributed by atoms with Gasteiger partial charge in [-0.25, -0.2) is 4.39 Å². The fourth-order valence-electron chi connectivity index (χ4n) is 1.86. The van der Waals surface area contributed by atoms with Crippen molar-refractivity contribution in [1.29, 1.82) is 0 Å². The Morgan fingerprint density at radius 3 is 3.00 bits per heavy atom. The molecular formula is C11H11BrFNO. The molecule has 2 rings (SSSR count). The van der Waals surface area contributed by atoms with Crippen molar-refractivity contribution >= 4 is 21.8 Å².